The smallest absolute Gasteiger partial charge is 0.285 e. The summed E-state index contributed by atoms with van der Waals surface area (Å²) in [4.78, 5) is 0.269. The predicted molar refractivity (Wildman–Crippen MR) is 107 cm³/mol. The maximum atomic E-state index is 13.1. The zero-order valence-electron chi connectivity index (χ0n) is 15.6. The molecule has 0 amide bonds. The standard InChI is InChI=1S/C19H21FN2O4S2/c1-3-25-12-11-22-17-10-7-15(26-4-2)13-18(17)27-19(22)21-28(23,24)16-8-5-14(20)6-9-16/h5-10,13H,3-4,11-12H2,1-2H3. The van der Waals surface area contributed by atoms with Gasteiger partial charge in [-0.1, -0.05) is 11.3 Å². The van der Waals surface area contributed by atoms with Gasteiger partial charge < -0.3 is 14.0 Å². The molecule has 0 aliphatic heterocycles. The van der Waals surface area contributed by atoms with Crippen molar-refractivity contribution in [3.8, 4) is 5.75 Å². The van der Waals surface area contributed by atoms with Crippen LogP contribution >= 0.6 is 11.3 Å². The summed E-state index contributed by atoms with van der Waals surface area (Å²) < 4.78 is 56.1. The molecule has 0 bridgehead atoms. The molecule has 3 aromatic rings. The Kier molecular flexibility index (Phi) is 6.48. The van der Waals surface area contributed by atoms with E-state index < -0.39 is 15.8 Å². The van der Waals surface area contributed by atoms with Gasteiger partial charge in [0.15, 0.2) is 0 Å². The molecule has 3 rings (SSSR count). The Hall–Kier alpha value is -2.23. The van der Waals surface area contributed by atoms with Gasteiger partial charge in [-0.25, -0.2) is 4.39 Å². The summed E-state index contributed by atoms with van der Waals surface area (Å²) in [6.45, 7) is 5.79. The number of sulfonamides is 1. The molecule has 6 nitrogen and oxygen atoms in total. The molecule has 0 radical (unpaired) electrons. The summed E-state index contributed by atoms with van der Waals surface area (Å²) in [5.41, 5.74) is 0.848. The van der Waals surface area contributed by atoms with Gasteiger partial charge in [0.1, 0.15) is 11.6 Å². The minimum absolute atomic E-state index is 0.0577. The van der Waals surface area contributed by atoms with Crippen LogP contribution < -0.4 is 9.54 Å². The average Bonchev–Trinajstić information content (AvgIpc) is 2.98. The molecule has 0 atom stereocenters. The van der Waals surface area contributed by atoms with Gasteiger partial charge >= 0.3 is 0 Å². The summed E-state index contributed by atoms with van der Waals surface area (Å²) in [6.07, 6.45) is 0. The Labute approximate surface area is 166 Å². The van der Waals surface area contributed by atoms with E-state index in [2.05, 4.69) is 4.40 Å². The van der Waals surface area contributed by atoms with E-state index in [1.165, 1.54) is 23.5 Å². The summed E-state index contributed by atoms with van der Waals surface area (Å²) in [6, 6.07) is 10.2. The van der Waals surface area contributed by atoms with Crippen LogP contribution in [0, 0.1) is 5.82 Å². The van der Waals surface area contributed by atoms with Gasteiger partial charge in [0, 0.05) is 13.2 Å². The zero-order valence-corrected chi connectivity index (χ0v) is 17.2. The first-order valence-electron chi connectivity index (χ1n) is 8.85. The number of ether oxygens (including phenoxy) is 2. The Morgan fingerprint density at radius 1 is 1.11 bits per heavy atom. The lowest BCUT2D eigenvalue weighted by molar-refractivity contribution is 0.139. The molecule has 0 spiro atoms. The third kappa shape index (κ3) is 4.60. The van der Waals surface area contributed by atoms with E-state index >= 15 is 0 Å². The molecule has 0 aliphatic carbocycles. The van der Waals surface area contributed by atoms with Crippen LogP contribution in [0.4, 0.5) is 4.39 Å². The number of hydrogen-bond acceptors (Lipinski definition) is 5. The minimum Gasteiger partial charge on any atom is -0.494 e. The van der Waals surface area contributed by atoms with Gasteiger partial charge in [-0.05, 0) is 56.3 Å². The van der Waals surface area contributed by atoms with Crippen molar-refractivity contribution in [3.05, 3.63) is 53.1 Å². The molecule has 28 heavy (non-hydrogen) atoms. The van der Waals surface area contributed by atoms with Crippen LogP contribution in [0.3, 0.4) is 0 Å². The van der Waals surface area contributed by atoms with Gasteiger partial charge in [-0.3, -0.25) is 0 Å². The van der Waals surface area contributed by atoms with E-state index in [1.807, 2.05) is 36.6 Å². The van der Waals surface area contributed by atoms with Crippen molar-refractivity contribution in [1.29, 1.82) is 0 Å². The molecule has 2 aromatic carbocycles. The first kappa shape index (κ1) is 20.5. The Morgan fingerprint density at radius 2 is 1.86 bits per heavy atom. The lowest BCUT2D eigenvalue weighted by Crippen LogP contribution is -2.19. The van der Waals surface area contributed by atoms with Gasteiger partial charge in [0.05, 0.1) is 28.3 Å². The zero-order chi connectivity index (χ0) is 20.1. The summed E-state index contributed by atoms with van der Waals surface area (Å²) >= 11 is 1.25. The fraction of sp³-hybridized carbons (Fsp3) is 0.316. The highest BCUT2D eigenvalue weighted by atomic mass is 32.2. The van der Waals surface area contributed by atoms with Crippen molar-refractivity contribution in [2.24, 2.45) is 4.40 Å². The highest BCUT2D eigenvalue weighted by Gasteiger charge is 2.15. The van der Waals surface area contributed by atoms with Crippen molar-refractivity contribution >= 4 is 31.6 Å². The Morgan fingerprint density at radius 3 is 2.54 bits per heavy atom. The summed E-state index contributed by atoms with van der Waals surface area (Å²) in [5, 5.41) is 0. The van der Waals surface area contributed by atoms with E-state index in [-0.39, 0.29) is 4.90 Å². The third-order valence-corrected chi connectivity index (χ3v) is 6.38. The van der Waals surface area contributed by atoms with Crippen LogP contribution in [-0.2, 0) is 21.3 Å². The molecule has 0 N–H and O–H groups in total. The predicted octanol–water partition coefficient (Wildman–Crippen LogP) is 3.57. The lowest BCUT2D eigenvalue weighted by Gasteiger charge is -2.07. The SMILES string of the molecule is CCOCCn1c(=NS(=O)(=O)c2ccc(F)cc2)sc2cc(OCC)ccc21. The number of thiazole rings is 1. The normalized spacial score (nSPS) is 12.6. The molecule has 0 aliphatic rings. The quantitative estimate of drug-likeness (QED) is 0.519. The second-order valence-electron chi connectivity index (χ2n) is 5.82. The minimum atomic E-state index is -3.98. The first-order valence-corrected chi connectivity index (χ1v) is 11.1. The van der Waals surface area contributed by atoms with Gasteiger partial charge in [-0.2, -0.15) is 8.42 Å². The van der Waals surface area contributed by atoms with Crippen molar-refractivity contribution in [2.75, 3.05) is 19.8 Å². The number of hydrogen-bond donors (Lipinski definition) is 0. The lowest BCUT2D eigenvalue weighted by atomic mass is 10.3. The van der Waals surface area contributed by atoms with Gasteiger partial charge in [0.2, 0.25) is 4.80 Å². The maximum Gasteiger partial charge on any atom is 0.285 e. The average molecular weight is 425 g/mol. The fourth-order valence-electron chi connectivity index (χ4n) is 2.66. The maximum absolute atomic E-state index is 13.1. The Balaban J connectivity index is 2.12. The third-order valence-electron chi connectivity index (χ3n) is 3.94. The molecule has 0 fully saturated rings. The molecule has 0 saturated carbocycles. The van der Waals surface area contributed by atoms with Crippen LogP contribution in [0.2, 0.25) is 0 Å². The largest absolute Gasteiger partial charge is 0.494 e. The monoisotopic (exact) mass is 424 g/mol. The van der Waals surface area contributed by atoms with Crippen LogP contribution in [-0.4, -0.2) is 32.8 Å². The van der Waals surface area contributed by atoms with Crippen molar-refractivity contribution in [1.82, 2.24) is 4.57 Å². The highest BCUT2D eigenvalue weighted by Crippen LogP contribution is 2.24. The van der Waals surface area contributed by atoms with Gasteiger partial charge in [-0.15, -0.1) is 4.40 Å². The van der Waals surface area contributed by atoms with Crippen molar-refractivity contribution < 1.29 is 22.3 Å². The first-order chi connectivity index (χ1) is 13.4. The van der Waals surface area contributed by atoms with Gasteiger partial charge in [0.25, 0.3) is 10.0 Å². The molecular weight excluding hydrogens is 403 g/mol. The number of fused-ring (bicyclic) bond motifs is 1. The highest BCUT2D eigenvalue weighted by molar-refractivity contribution is 7.90. The molecule has 9 heteroatoms. The van der Waals surface area contributed by atoms with Crippen molar-refractivity contribution in [3.63, 3.8) is 0 Å². The number of nitrogens with zero attached hydrogens (tertiary/aromatic N) is 2. The van der Waals surface area contributed by atoms with E-state index in [0.717, 1.165) is 22.3 Å². The molecule has 150 valence electrons. The fourth-order valence-corrected chi connectivity index (χ4v) is 4.95. The second kappa shape index (κ2) is 8.85. The summed E-state index contributed by atoms with van der Waals surface area (Å²) in [5.74, 6) is 0.206. The number of halogens is 1. The molecule has 1 aromatic heterocycles. The van der Waals surface area contributed by atoms with Crippen LogP contribution in [0.1, 0.15) is 13.8 Å². The van der Waals surface area contributed by atoms with E-state index in [1.54, 1.807) is 0 Å². The second-order valence-corrected chi connectivity index (χ2v) is 8.43. The van der Waals surface area contributed by atoms with E-state index in [9.17, 15) is 12.8 Å². The Bertz CT molecular complexity index is 1120. The molecule has 0 saturated heterocycles. The number of aromatic nitrogens is 1. The van der Waals surface area contributed by atoms with Crippen molar-refractivity contribution in [2.45, 2.75) is 25.3 Å². The van der Waals surface area contributed by atoms with E-state index in [0.29, 0.717) is 36.9 Å². The molecular formula is C19H21FN2O4S2. The number of benzene rings is 2. The van der Waals surface area contributed by atoms with E-state index in [4.69, 9.17) is 9.47 Å². The summed E-state index contributed by atoms with van der Waals surface area (Å²) in [7, 11) is -3.98. The molecule has 1 heterocycles. The van der Waals surface area contributed by atoms with Crippen LogP contribution in [0.25, 0.3) is 10.2 Å². The number of rotatable bonds is 8. The van der Waals surface area contributed by atoms with Crippen LogP contribution in [0.5, 0.6) is 5.75 Å². The molecule has 0 unspecified atom stereocenters. The van der Waals surface area contributed by atoms with Crippen LogP contribution in [0.15, 0.2) is 51.8 Å². The topological polar surface area (TPSA) is 69.9 Å².